The Kier molecular flexibility index (Phi) is 3.12. The zero-order valence-electron chi connectivity index (χ0n) is 10.6. The number of rotatable bonds is 3. The van der Waals surface area contributed by atoms with Gasteiger partial charge in [-0.25, -0.2) is 4.98 Å². The van der Waals surface area contributed by atoms with Crippen LogP contribution in [0.1, 0.15) is 9.88 Å². The van der Waals surface area contributed by atoms with Crippen LogP contribution in [0.5, 0.6) is 5.75 Å². The maximum absolute atomic E-state index is 5.40. The van der Waals surface area contributed by atoms with E-state index in [9.17, 15) is 0 Å². The van der Waals surface area contributed by atoms with Crippen molar-refractivity contribution in [2.24, 2.45) is 0 Å². The molecule has 0 atom stereocenters. The second kappa shape index (κ2) is 4.79. The molecule has 2 aromatic heterocycles. The molecule has 6 heteroatoms. The summed E-state index contributed by atoms with van der Waals surface area (Å²) in [7, 11) is 1.66. The van der Waals surface area contributed by atoms with Crippen LogP contribution in [-0.2, 0) is 6.54 Å². The quantitative estimate of drug-likeness (QED) is 0.751. The molecule has 0 unspecified atom stereocenters. The largest absolute Gasteiger partial charge is 0.494 e. The van der Waals surface area contributed by atoms with Gasteiger partial charge in [-0.3, -0.25) is 0 Å². The monoisotopic (exact) mass is 291 g/mol. The second-order valence-corrected chi connectivity index (χ2v) is 5.94. The lowest BCUT2D eigenvalue weighted by Gasteiger charge is -2.03. The van der Waals surface area contributed by atoms with Crippen LogP contribution >= 0.6 is 23.6 Å². The number of H-pyrrole nitrogens is 1. The number of aromatic amines is 1. The van der Waals surface area contributed by atoms with Gasteiger partial charge in [-0.1, -0.05) is 6.07 Å². The van der Waals surface area contributed by atoms with E-state index < -0.39 is 0 Å². The van der Waals surface area contributed by atoms with Gasteiger partial charge in [-0.15, -0.1) is 11.3 Å². The van der Waals surface area contributed by atoms with Gasteiger partial charge < -0.3 is 14.3 Å². The number of ether oxygens (including phenoxy) is 1. The maximum Gasteiger partial charge on any atom is 0.178 e. The Morgan fingerprint density at radius 1 is 1.47 bits per heavy atom. The number of nitrogens with one attached hydrogen (secondary N) is 1. The Labute approximate surface area is 119 Å². The first-order valence-electron chi connectivity index (χ1n) is 5.86. The van der Waals surface area contributed by atoms with Crippen molar-refractivity contribution in [3.63, 3.8) is 0 Å². The summed E-state index contributed by atoms with van der Waals surface area (Å²) < 4.78 is 8.08. The standard InChI is InChI=1S/C13H13N3OS2/c1-8-6-14-11(19-8)7-16-9-4-3-5-10(17-2)12(9)15-13(16)18/h3-6H,7H2,1-2H3,(H,15,18). The number of para-hydroxylation sites is 1. The van der Waals surface area contributed by atoms with Crippen molar-refractivity contribution >= 4 is 34.6 Å². The van der Waals surface area contributed by atoms with E-state index in [1.807, 2.05) is 29.0 Å². The Balaban J connectivity index is 2.13. The van der Waals surface area contributed by atoms with E-state index in [2.05, 4.69) is 16.9 Å². The Morgan fingerprint density at radius 2 is 2.32 bits per heavy atom. The number of nitrogens with zero attached hydrogens (tertiary/aromatic N) is 2. The van der Waals surface area contributed by atoms with E-state index >= 15 is 0 Å². The normalized spacial score (nSPS) is 11.1. The van der Waals surface area contributed by atoms with Gasteiger partial charge in [-0.2, -0.15) is 0 Å². The third-order valence-corrected chi connectivity index (χ3v) is 4.17. The highest BCUT2D eigenvalue weighted by atomic mass is 32.1. The lowest BCUT2D eigenvalue weighted by atomic mass is 10.3. The van der Waals surface area contributed by atoms with E-state index in [0.29, 0.717) is 11.3 Å². The van der Waals surface area contributed by atoms with Gasteiger partial charge >= 0.3 is 0 Å². The third kappa shape index (κ3) is 2.17. The molecule has 2 heterocycles. The fraction of sp³-hybridized carbons (Fsp3) is 0.231. The molecule has 0 aliphatic heterocycles. The van der Waals surface area contributed by atoms with E-state index in [1.54, 1.807) is 18.4 Å². The van der Waals surface area contributed by atoms with Crippen LogP contribution in [0.4, 0.5) is 0 Å². The topological polar surface area (TPSA) is 42.8 Å². The molecule has 3 rings (SSSR count). The summed E-state index contributed by atoms with van der Waals surface area (Å²) in [6.45, 7) is 2.74. The van der Waals surface area contributed by atoms with E-state index in [-0.39, 0.29) is 0 Å². The van der Waals surface area contributed by atoms with E-state index in [0.717, 1.165) is 21.8 Å². The summed E-state index contributed by atoms with van der Waals surface area (Å²) in [6.07, 6.45) is 1.89. The lowest BCUT2D eigenvalue weighted by molar-refractivity contribution is 0.419. The predicted molar refractivity (Wildman–Crippen MR) is 79.6 cm³/mol. The van der Waals surface area contributed by atoms with Gasteiger partial charge in [0.05, 0.1) is 19.2 Å². The highest BCUT2D eigenvalue weighted by Crippen LogP contribution is 2.25. The second-order valence-electron chi connectivity index (χ2n) is 4.24. The highest BCUT2D eigenvalue weighted by molar-refractivity contribution is 7.71. The SMILES string of the molecule is COc1cccc2c1[nH]c(=S)n2Cc1ncc(C)s1. The van der Waals surface area contributed by atoms with E-state index in [4.69, 9.17) is 17.0 Å². The molecular weight excluding hydrogens is 278 g/mol. The van der Waals surface area contributed by atoms with Gasteiger partial charge in [0.15, 0.2) is 4.77 Å². The number of hydrogen-bond acceptors (Lipinski definition) is 4. The molecule has 0 radical (unpaired) electrons. The summed E-state index contributed by atoms with van der Waals surface area (Å²) in [4.78, 5) is 8.80. The van der Waals surface area contributed by atoms with E-state index in [1.165, 1.54) is 4.88 Å². The minimum absolute atomic E-state index is 0.685. The van der Waals surface area contributed by atoms with Crippen LogP contribution in [-0.4, -0.2) is 21.6 Å². The molecule has 0 fully saturated rings. The number of imidazole rings is 1. The first-order chi connectivity index (χ1) is 9.19. The average molecular weight is 291 g/mol. The van der Waals surface area contributed by atoms with Crippen molar-refractivity contribution in [1.29, 1.82) is 0 Å². The summed E-state index contributed by atoms with van der Waals surface area (Å²) in [5.74, 6) is 0.803. The van der Waals surface area contributed by atoms with Crippen LogP contribution < -0.4 is 4.74 Å². The molecule has 0 aliphatic rings. The van der Waals surface area contributed by atoms with Gasteiger partial charge in [0.1, 0.15) is 16.3 Å². The molecule has 0 bridgehead atoms. The highest BCUT2D eigenvalue weighted by Gasteiger charge is 2.10. The number of aromatic nitrogens is 3. The molecule has 0 aliphatic carbocycles. The number of fused-ring (bicyclic) bond motifs is 1. The van der Waals surface area contributed by atoms with Gasteiger partial charge in [0.25, 0.3) is 0 Å². The molecule has 98 valence electrons. The molecule has 1 N–H and O–H groups in total. The molecular formula is C13H13N3OS2. The molecule has 0 spiro atoms. The van der Waals surface area contributed by atoms with Crippen molar-refractivity contribution in [2.45, 2.75) is 13.5 Å². The van der Waals surface area contributed by atoms with Crippen LogP contribution in [0.2, 0.25) is 0 Å². The van der Waals surface area contributed by atoms with Crippen LogP contribution in [0.15, 0.2) is 24.4 Å². The molecule has 0 saturated carbocycles. The maximum atomic E-state index is 5.40. The summed E-state index contributed by atoms with van der Waals surface area (Å²) >= 11 is 7.08. The first-order valence-corrected chi connectivity index (χ1v) is 7.08. The molecule has 19 heavy (non-hydrogen) atoms. The molecule has 0 saturated heterocycles. The summed E-state index contributed by atoms with van der Waals surface area (Å²) in [5, 5.41) is 1.05. The Hall–Kier alpha value is -1.66. The fourth-order valence-corrected chi connectivity index (χ4v) is 3.13. The number of methoxy groups -OCH3 is 1. The molecule has 4 nitrogen and oxygen atoms in total. The van der Waals surface area contributed by atoms with Crippen LogP contribution in [0.25, 0.3) is 11.0 Å². The minimum atomic E-state index is 0.685. The smallest absolute Gasteiger partial charge is 0.178 e. The van der Waals surface area contributed by atoms with Crippen molar-refractivity contribution in [3.8, 4) is 5.75 Å². The summed E-state index contributed by atoms with van der Waals surface area (Å²) in [6, 6.07) is 5.92. The Bertz CT molecular complexity index is 785. The molecule has 1 aromatic carbocycles. The molecule has 3 aromatic rings. The number of thiazole rings is 1. The van der Waals surface area contributed by atoms with Crippen molar-refractivity contribution in [2.75, 3.05) is 7.11 Å². The fourth-order valence-electron chi connectivity index (χ4n) is 2.09. The zero-order chi connectivity index (χ0) is 13.4. The average Bonchev–Trinajstić information content (AvgIpc) is 2.94. The predicted octanol–water partition coefficient (Wildman–Crippen LogP) is 3.52. The molecule has 0 amide bonds. The Morgan fingerprint density at radius 3 is 3.00 bits per heavy atom. The van der Waals surface area contributed by atoms with Gasteiger partial charge in [0.2, 0.25) is 0 Å². The van der Waals surface area contributed by atoms with Crippen molar-refractivity contribution < 1.29 is 4.74 Å². The van der Waals surface area contributed by atoms with Gasteiger partial charge in [0, 0.05) is 11.1 Å². The zero-order valence-corrected chi connectivity index (χ0v) is 12.3. The van der Waals surface area contributed by atoms with Crippen molar-refractivity contribution in [1.82, 2.24) is 14.5 Å². The minimum Gasteiger partial charge on any atom is -0.494 e. The van der Waals surface area contributed by atoms with Crippen LogP contribution in [0, 0.1) is 11.7 Å². The van der Waals surface area contributed by atoms with Crippen molar-refractivity contribution in [3.05, 3.63) is 39.1 Å². The number of aryl methyl sites for hydroxylation is 1. The van der Waals surface area contributed by atoms with Gasteiger partial charge in [-0.05, 0) is 31.3 Å². The summed E-state index contributed by atoms with van der Waals surface area (Å²) in [5.41, 5.74) is 1.97. The lowest BCUT2D eigenvalue weighted by Crippen LogP contribution is -1.98. The number of hydrogen-bond donors (Lipinski definition) is 1. The number of benzene rings is 1. The van der Waals surface area contributed by atoms with Crippen LogP contribution in [0.3, 0.4) is 0 Å². The first kappa shape index (κ1) is 12.4. The third-order valence-electron chi connectivity index (χ3n) is 2.95.